The standard InChI is InChI=1S/C26H26N4O5/c1-17-7-4-5-11-29(17)23(31)16-28-14-18(20-9-2-3-10-22(20)28)13-21-24(32)27-26(34)30(25(21)33)15-19-8-6-12-35-19/h2-3,6,8-10,12-14,17H,4-5,7,11,15-16H2,1H3,(H,27,32,34)/b21-13-/t17-/m0/s1. The normalized spacial score (nSPS) is 20.1. The first kappa shape index (κ1) is 22.6. The van der Waals surface area contributed by atoms with E-state index in [-0.39, 0.29) is 30.6 Å². The Bertz CT molecular complexity index is 1340. The monoisotopic (exact) mass is 474 g/mol. The molecule has 0 spiro atoms. The molecule has 2 saturated heterocycles. The Kier molecular flexibility index (Phi) is 5.98. The lowest BCUT2D eigenvalue weighted by Gasteiger charge is -2.33. The molecule has 0 unspecified atom stereocenters. The van der Waals surface area contributed by atoms with E-state index < -0.39 is 17.8 Å². The molecule has 2 aliphatic heterocycles. The first-order chi connectivity index (χ1) is 16.9. The maximum absolute atomic E-state index is 13.1. The van der Waals surface area contributed by atoms with Crippen molar-refractivity contribution in [3.05, 3.63) is 65.8 Å². The number of piperidine rings is 1. The summed E-state index contributed by atoms with van der Waals surface area (Å²) in [4.78, 5) is 53.9. The van der Waals surface area contributed by atoms with Crippen LogP contribution in [0.4, 0.5) is 4.79 Å². The van der Waals surface area contributed by atoms with Gasteiger partial charge in [-0.15, -0.1) is 0 Å². The maximum Gasteiger partial charge on any atom is 0.331 e. The number of carbonyl (C=O) groups excluding carboxylic acids is 4. The summed E-state index contributed by atoms with van der Waals surface area (Å²) in [6.45, 7) is 2.90. The van der Waals surface area contributed by atoms with E-state index >= 15 is 0 Å². The topological polar surface area (TPSA) is 105 Å². The molecule has 3 aromatic rings. The number of carbonyl (C=O) groups is 4. The van der Waals surface area contributed by atoms with Crippen molar-refractivity contribution < 1.29 is 23.6 Å². The first-order valence-electron chi connectivity index (χ1n) is 11.7. The van der Waals surface area contributed by atoms with Crippen LogP contribution in [0.25, 0.3) is 17.0 Å². The van der Waals surface area contributed by atoms with Crippen molar-refractivity contribution in [2.75, 3.05) is 6.54 Å². The number of rotatable bonds is 5. The van der Waals surface area contributed by atoms with E-state index in [4.69, 9.17) is 4.42 Å². The average molecular weight is 475 g/mol. The van der Waals surface area contributed by atoms with Gasteiger partial charge in [0.1, 0.15) is 17.9 Å². The van der Waals surface area contributed by atoms with Crippen molar-refractivity contribution in [1.82, 2.24) is 19.7 Å². The third kappa shape index (κ3) is 4.37. The fourth-order valence-corrected chi connectivity index (χ4v) is 4.78. The summed E-state index contributed by atoms with van der Waals surface area (Å²) in [6.07, 6.45) is 7.84. The fourth-order valence-electron chi connectivity index (χ4n) is 4.78. The van der Waals surface area contributed by atoms with Gasteiger partial charge in [0.15, 0.2) is 0 Å². The van der Waals surface area contributed by atoms with E-state index in [0.29, 0.717) is 11.3 Å². The highest BCUT2D eigenvalue weighted by molar-refractivity contribution is 6.31. The van der Waals surface area contributed by atoms with Gasteiger partial charge >= 0.3 is 6.03 Å². The van der Waals surface area contributed by atoms with Crippen LogP contribution in [0.5, 0.6) is 0 Å². The van der Waals surface area contributed by atoms with Gasteiger partial charge in [-0.3, -0.25) is 24.6 Å². The zero-order valence-electron chi connectivity index (χ0n) is 19.4. The number of hydrogen-bond acceptors (Lipinski definition) is 5. The van der Waals surface area contributed by atoms with Crippen molar-refractivity contribution in [3.8, 4) is 0 Å². The van der Waals surface area contributed by atoms with Crippen molar-refractivity contribution >= 4 is 40.7 Å². The highest BCUT2D eigenvalue weighted by Crippen LogP contribution is 2.26. The number of aromatic nitrogens is 1. The third-order valence-electron chi connectivity index (χ3n) is 6.63. The Morgan fingerprint density at radius 2 is 1.97 bits per heavy atom. The second-order valence-corrected chi connectivity index (χ2v) is 8.95. The Balaban J connectivity index is 1.47. The van der Waals surface area contributed by atoms with Gasteiger partial charge in [0, 0.05) is 35.2 Å². The highest BCUT2D eigenvalue weighted by Gasteiger charge is 2.36. The zero-order valence-corrected chi connectivity index (χ0v) is 19.4. The summed E-state index contributed by atoms with van der Waals surface area (Å²) in [5.41, 5.74) is 1.28. The van der Waals surface area contributed by atoms with E-state index in [0.717, 1.165) is 41.6 Å². The molecule has 180 valence electrons. The number of imide groups is 2. The minimum absolute atomic E-state index is 0.0406. The molecule has 0 radical (unpaired) electrons. The molecule has 0 aliphatic carbocycles. The summed E-state index contributed by atoms with van der Waals surface area (Å²) in [5, 5.41) is 3.03. The lowest BCUT2D eigenvalue weighted by molar-refractivity contribution is -0.135. The number of nitrogens with one attached hydrogen (secondary N) is 1. The molecule has 0 bridgehead atoms. The molecule has 9 nitrogen and oxygen atoms in total. The predicted molar refractivity (Wildman–Crippen MR) is 128 cm³/mol. The van der Waals surface area contributed by atoms with Gasteiger partial charge in [-0.1, -0.05) is 18.2 Å². The summed E-state index contributed by atoms with van der Waals surface area (Å²) in [6, 6.07) is 10.2. The number of amides is 5. The van der Waals surface area contributed by atoms with Gasteiger partial charge in [-0.05, 0) is 50.5 Å². The van der Waals surface area contributed by atoms with Gasteiger partial charge in [0.25, 0.3) is 11.8 Å². The van der Waals surface area contributed by atoms with E-state index in [1.54, 1.807) is 18.3 Å². The van der Waals surface area contributed by atoms with Gasteiger partial charge < -0.3 is 13.9 Å². The summed E-state index contributed by atoms with van der Waals surface area (Å²) in [5.74, 6) is -1.00. The SMILES string of the molecule is C[C@H]1CCCCN1C(=O)Cn1cc(/C=C2/C(=O)NC(=O)N(Cc3ccco3)C2=O)c2ccccc21. The Morgan fingerprint density at radius 3 is 2.74 bits per heavy atom. The van der Waals surface area contributed by atoms with Crippen LogP contribution >= 0.6 is 0 Å². The molecule has 4 heterocycles. The minimum Gasteiger partial charge on any atom is -0.467 e. The molecule has 35 heavy (non-hydrogen) atoms. The number of hydrogen-bond donors (Lipinski definition) is 1. The molecule has 2 aliphatic rings. The number of fused-ring (bicyclic) bond motifs is 1. The third-order valence-corrected chi connectivity index (χ3v) is 6.63. The molecule has 5 amide bonds. The lowest BCUT2D eigenvalue weighted by Crippen LogP contribution is -2.53. The number of barbiturate groups is 1. The van der Waals surface area contributed by atoms with Crippen molar-refractivity contribution in [1.29, 1.82) is 0 Å². The maximum atomic E-state index is 13.1. The molecule has 0 saturated carbocycles. The number of benzene rings is 1. The summed E-state index contributed by atoms with van der Waals surface area (Å²) >= 11 is 0. The number of nitrogens with zero attached hydrogens (tertiary/aromatic N) is 3. The molecule has 1 aromatic carbocycles. The summed E-state index contributed by atoms with van der Waals surface area (Å²) in [7, 11) is 0. The first-order valence-corrected chi connectivity index (χ1v) is 11.7. The van der Waals surface area contributed by atoms with Gasteiger partial charge in [0.05, 0.1) is 12.8 Å². The summed E-state index contributed by atoms with van der Waals surface area (Å²) < 4.78 is 7.10. The Morgan fingerprint density at radius 1 is 1.14 bits per heavy atom. The minimum atomic E-state index is -0.794. The van der Waals surface area contributed by atoms with Crippen molar-refractivity contribution in [3.63, 3.8) is 0 Å². The van der Waals surface area contributed by atoms with Crippen molar-refractivity contribution in [2.45, 2.75) is 45.3 Å². The van der Waals surface area contributed by atoms with Crippen molar-refractivity contribution in [2.24, 2.45) is 0 Å². The molecule has 2 fully saturated rings. The number of urea groups is 1. The second kappa shape index (κ2) is 9.25. The van der Waals surface area contributed by atoms with Gasteiger partial charge in [0.2, 0.25) is 5.91 Å². The van der Waals surface area contributed by atoms with Crippen LogP contribution in [-0.2, 0) is 27.5 Å². The van der Waals surface area contributed by atoms with Crippen LogP contribution in [0.3, 0.4) is 0 Å². The highest BCUT2D eigenvalue weighted by atomic mass is 16.3. The number of para-hydroxylation sites is 1. The van der Waals surface area contributed by atoms with Crippen LogP contribution in [0.15, 0.2) is 58.8 Å². The zero-order chi connectivity index (χ0) is 24.5. The number of furan rings is 1. The molecule has 9 heteroatoms. The largest absolute Gasteiger partial charge is 0.467 e. The quantitative estimate of drug-likeness (QED) is 0.451. The Hall–Kier alpha value is -4.14. The lowest BCUT2D eigenvalue weighted by atomic mass is 10.0. The van der Waals surface area contributed by atoms with E-state index in [1.807, 2.05) is 33.7 Å². The van der Waals surface area contributed by atoms with E-state index in [1.165, 1.54) is 12.3 Å². The number of likely N-dealkylation sites (tertiary alicyclic amines) is 1. The predicted octanol–water partition coefficient (Wildman–Crippen LogP) is 3.30. The smallest absolute Gasteiger partial charge is 0.331 e. The molecule has 1 atom stereocenters. The fraction of sp³-hybridized carbons (Fsp3) is 0.308. The van der Waals surface area contributed by atoms with Crippen LogP contribution < -0.4 is 5.32 Å². The molecular weight excluding hydrogens is 448 g/mol. The van der Waals surface area contributed by atoms with Gasteiger partial charge in [-0.25, -0.2) is 4.79 Å². The molecular formula is C26H26N4O5. The van der Waals surface area contributed by atoms with Crippen LogP contribution in [0, 0.1) is 0 Å². The van der Waals surface area contributed by atoms with E-state index in [9.17, 15) is 19.2 Å². The molecule has 1 N–H and O–H groups in total. The van der Waals surface area contributed by atoms with Crippen LogP contribution in [-0.4, -0.2) is 50.7 Å². The van der Waals surface area contributed by atoms with E-state index in [2.05, 4.69) is 12.2 Å². The second-order valence-electron chi connectivity index (χ2n) is 8.95. The Labute approximate surface area is 202 Å². The molecule has 2 aromatic heterocycles. The van der Waals surface area contributed by atoms with Crippen LogP contribution in [0.2, 0.25) is 0 Å². The average Bonchev–Trinajstić information content (AvgIpc) is 3.48. The molecule has 5 rings (SSSR count). The van der Waals surface area contributed by atoms with Crippen LogP contribution in [0.1, 0.15) is 37.5 Å². The van der Waals surface area contributed by atoms with Gasteiger partial charge in [-0.2, -0.15) is 0 Å².